The minimum Gasteiger partial charge on any atom is -0.317 e. The van der Waals surface area contributed by atoms with Gasteiger partial charge in [-0.1, -0.05) is 51.6 Å². The van der Waals surface area contributed by atoms with Crippen molar-refractivity contribution < 1.29 is 0 Å². The van der Waals surface area contributed by atoms with Gasteiger partial charge in [0, 0.05) is 0 Å². The Balaban J connectivity index is 2.52. The van der Waals surface area contributed by atoms with E-state index in [2.05, 4.69) is 37.3 Å². The number of hydrogen-bond donors (Lipinski definition) is 2. The van der Waals surface area contributed by atoms with Crippen LogP contribution in [0.4, 0.5) is 0 Å². The Morgan fingerprint density at radius 2 is 1.60 bits per heavy atom. The molecule has 0 bridgehead atoms. The molecule has 0 aliphatic heterocycles. The van der Waals surface area contributed by atoms with Crippen molar-refractivity contribution in [2.75, 3.05) is 0 Å². The number of hydrogen-bond acceptors (Lipinski definition) is 2. The molecule has 0 amide bonds. The smallest absolute Gasteiger partial charge is 0.272 e. The van der Waals surface area contributed by atoms with Gasteiger partial charge in [-0.25, -0.2) is 0 Å². The van der Waals surface area contributed by atoms with Crippen molar-refractivity contribution in [1.82, 2.24) is 9.97 Å². The molecule has 2 N–H and O–H groups in total. The molecule has 0 spiro atoms. The van der Waals surface area contributed by atoms with Crippen LogP contribution in [0.5, 0.6) is 0 Å². The zero-order chi connectivity index (χ0) is 14.9. The molecule has 0 radical (unpaired) electrons. The van der Waals surface area contributed by atoms with Crippen LogP contribution >= 0.6 is 0 Å². The molecule has 0 unspecified atom stereocenters. The molecule has 0 fully saturated rings. The van der Waals surface area contributed by atoms with Crippen molar-refractivity contribution in [2.24, 2.45) is 0 Å². The quantitative estimate of drug-likeness (QED) is 0.797. The van der Waals surface area contributed by atoms with Crippen LogP contribution in [-0.2, 0) is 5.41 Å². The average molecular weight is 270 g/mol. The van der Waals surface area contributed by atoms with Gasteiger partial charge in [0.1, 0.15) is 5.35 Å². The van der Waals surface area contributed by atoms with Gasteiger partial charge < -0.3 is 9.97 Å². The minimum absolute atomic E-state index is 0.0650. The summed E-state index contributed by atoms with van der Waals surface area (Å²) >= 11 is 0. The van der Waals surface area contributed by atoms with Gasteiger partial charge in [0.05, 0.1) is 5.35 Å². The highest BCUT2D eigenvalue weighted by atomic mass is 16.1. The van der Waals surface area contributed by atoms with E-state index in [4.69, 9.17) is 0 Å². The Labute approximate surface area is 116 Å². The Kier molecular flexibility index (Phi) is 3.49. The normalized spacial score (nSPS) is 12.7. The van der Waals surface area contributed by atoms with Crippen molar-refractivity contribution in [3.05, 3.63) is 66.8 Å². The Morgan fingerprint density at radius 1 is 1.00 bits per heavy atom. The van der Waals surface area contributed by atoms with E-state index in [0.717, 1.165) is 5.56 Å². The summed E-state index contributed by atoms with van der Waals surface area (Å²) < 4.78 is 0. The zero-order valence-corrected chi connectivity index (χ0v) is 11.9. The van der Waals surface area contributed by atoms with Crippen molar-refractivity contribution in [2.45, 2.75) is 26.2 Å². The molecular weight excluding hydrogens is 252 g/mol. The Bertz CT molecular complexity index is 834. The summed E-state index contributed by atoms with van der Waals surface area (Å²) in [6.07, 6.45) is 1.64. The third-order valence-corrected chi connectivity index (χ3v) is 3.12. The summed E-state index contributed by atoms with van der Waals surface area (Å²) in [5.41, 5.74) is 1.41. The van der Waals surface area contributed by atoms with Crippen LogP contribution in [0.3, 0.4) is 0 Å². The number of nitrogens with one attached hydrogen (secondary N) is 2. The van der Waals surface area contributed by atoms with Crippen LogP contribution in [-0.4, -0.2) is 9.97 Å². The lowest BCUT2D eigenvalue weighted by atomic mass is 9.87. The van der Waals surface area contributed by atoms with E-state index in [9.17, 15) is 9.59 Å². The summed E-state index contributed by atoms with van der Waals surface area (Å²) in [6.45, 7) is 9.87. The van der Waals surface area contributed by atoms with Gasteiger partial charge in [0.25, 0.3) is 11.1 Å². The van der Waals surface area contributed by atoms with Gasteiger partial charge in [-0.2, -0.15) is 0 Å². The molecule has 4 heteroatoms. The highest BCUT2D eigenvalue weighted by Gasteiger charge is 2.12. The van der Waals surface area contributed by atoms with Crippen LogP contribution in [0, 0.1) is 0 Å². The molecule has 1 aromatic heterocycles. The predicted octanol–water partition coefficient (Wildman–Crippen LogP) is 0.600. The summed E-state index contributed by atoms with van der Waals surface area (Å²) in [4.78, 5) is 28.1. The van der Waals surface area contributed by atoms with Crippen molar-refractivity contribution >= 4 is 12.7 Å². The third kappa shape index (κ3) is 2.96. The maximum Gasteiger partial charge on any atom is 0.272 e. The fraction of sp³-hybridized carbons (Fsp3) is 0.250. The fourth-order valence-corrected chi connectivity index (χ4v) is 1.86. The van der Waals surface area contributed by atoms with Gasteiger partial charge in [0.2, 0.25) is 0 Å². The first-order valence-corrected chi connectivity index (χ1v) is 6.41. The molecule has 0 aliphatic carbocycles. The number of aromatic nitrogens is 2. The number of aromatic amines is 2. The first kappa shape index (κ1) is 14.1. The second-order valence-corrected chi connectivity index (χ2v) is 5.82. The Hall–Kier alpha value is -2.36. The van der Waals surface area contributed by atoms with Crippen molar-refractivity contribution in [1.29, 1.82) is 0 Å². The minimum atomic E-state index is -0.387. The van der Waals surface area contributed by atoms with Crippen LogP contribution in [0.25, 0.3) is 12.7 Å². The number of benzene rings is 1. The summed E-state index contributed by atoms with van der Waals surface area (Å²) in [5.74, 6) is 0. The van der Waals surface area contributed by atoms with E-state index in [1.54, 1.807) is 6.08 Å². The fourth-order valence-electron chi connectivity index (χ4n) is 1.86. The molecular formula is C16H18N2O2. The molecule has 0 atom stereocenters. The third-order valence-electron chi connectivity index (χ3n) is 3.12. The number of rotatable bonds is 1. The van der Waals surface area contributed by atoms with Crippen molar-refractivity contribution in [3.63, 3.8) is 0 Å². The van der Waals surface area contributed by atoms with Crippen LogP contribution in [0.1, 0.15) is 31.9 Å². The molecule has 20 heavy (non-hydrogen) atoms. The van der Waals surface area contributed by atoms with Crippen LogP contribution in [0.15, 0.2) is 33.9 Å². The average Bonchev–Trinajstić information content (AvgIpc) is 2.35. The summed E-state index contributed by atoms with van der Waals surface area (Å²) in [6, 6.07) is 7.90. The second-order valence-electron chi connectivity index (χ2n) is 5.82. The molecule has 4 nitrogen and oxygen atoms in total. The number of H-pyrrole nitrogens is 2. The van der Waals surface area contributed by atoms with E-state index in [-0.39, 0.29) is 27.2 Å². The molecule has 2 aromatic rings. The predicted molar refractivity (Wildman–Crippen MR) is 81.2 cm³/mol. The first-order chi connectivity index (χ1) is 9.27. The maximum atomic E-state index is 11.7. The highest BCUT2D eigenvalue weighted by Crippen LogP contribution is 2.22. The molecule has 104 valence electrons. The van der Waals surface area contributed by atoms with Crippen LogP contribution < -0.4 is 21.8 Å². The molecule has 0 aliphatic rings. The lowest BCUT2D eigenvalue weighted by molar-refractivity contribution is 0.590. The lowest BCUT2D eigenvalue weighted by Gasteiger charge is -2.18. The zero-order valence-electron chi connectivity index (χ0n) is 11.9. The van der Waals surface area contributed by atoms with Gasteiger partial charge in [0.15, 0.2) is 0 Å². The first-order valence-electron chi connectivity index (χ1n) is 6.41. The summed E-state index contributed by atoms with van der Waals surface area (Å²) in [7, 11) is 0. The van der Waals surface area contributed by atoms with Crippen LogP contribution in [0.2, 0.25) is 0 Å². The molecule has 0 saturated carbocycles. The van der Waals surface area contributed by atoms with E-state index in [1.165, 1.54) is 5.56 Å². The maximum absolute atomic E-state index is 11.7. The van der Waals surface area contributed by atoms with E-state index in [0.29, 0.717) is 0 Å². The molecule has 2 rings (SSSR count). The standard InChI is InChI=1S/C16H18N2O2/c1-10-14(19)18-13(15(20)17-10)9-11-5-7-12(8-6-11)16(2,3)4/h5-9H,1H2,2-4H3,(H,17,20)(H,18,19)/b13-9-. The van der Waals surface area contributed by atoms with Crippen molar-refractivity contribution in [3.8, 4) is 0 Å². The second kappa shape index (κ2) is 4.96. The van der Waals surface area contributed by atoms with Gasteiger partial charge in [-0.05, 0) is 22.6 Å². The molecule has 1 heterocycles. The van der Waals surface area contributed by atoms with Gasteiger partial charge >= 0.3 is 0 Å². The molecule has 0 saturated heterocycles. The van der Waals surface area contributed by atoms with E-state index in [1.807, 2.05) is 24.3 Å². The monoisotopic (exact) mass is 270 g/mol. The molecule has 1 aromatic carbocycles. The lowest BCUT2D eigenvalue weighted by Crippen LogP contribution is -2.46. The van der Waals surface area contributed by atoms with Gasteiger partial charge in [-0.15, -0.1) is 0 Å². The summed E-state index contributed by atoms with van der Waals surface area (Å²) in [5, 5.41) is 0.293. The Morgan fingerprint density at radius 3 is 2.15 bits per heavy atom. The largest absolute Gasteiger partial charge is 0.317 e. The highest BCUT2D eigenvalue weighted by molar-refractivity contribution is 5.49. The van der Waals surface area contributed by atoms with Gasteiger partial charge in [-0.3, -0.25) is 9.59 Å². The topological polar surface area (TPSA) is 65.7 Å². The van der Waals surface area contributed by atoms with E-state index >= 15 is 0 Å². The SMILES string of the molecule is C=c1[nH]c(=O)/c(=C/c2ccc(C(C)(C)C)cc2)[nH]c1=O. The van der Waals surface area contributed by atoms with E-state index < -0.39 is 0 Å².